The van der Waals surface area contributed by atoms with Crippen molar-refractivity contribution < 1.29 is 0 Å². The van der Waals surface area contributed by atoms with Gasteiger partial charge in [0.2, 0.25) is 0 Å². The van der Waals surface area contributed by atoms with E-state index in [1.54, 1.807) is 11.0 Å². The monoisotopic (exact) mass is 279 g/mol. The molecule has 0 bridgehead atoms. The molecule has 0 amide bonds. The minimum atomic E-state index is 0.352. The highest BCUT2D eigenvalue weighted by atomic mass is 32.2. The Balaban J connectivity index is 1.51. The Kier molecular flexibility index (Phi) is 3.77. The molecule has 1 aromatic heterocycles. The summed E-state index contributed by atoms with van der Waals surface area (Å²) in [7, 11) is 1.89. The van der Waals surface area contributed by atoms with Gasteiger partial charge in [-0.15, -0.1) is 0 Å². The van der Waals surface area contributed by atoms with Gasteiger partial charge in [-0.25, -0.2) is 4.98 Å². The van der Waals surface area contributed by atoms with Crippen molar-refractivity contribution in [2.24, 2.45) is 12.0 Å². The minimum Gasteiger partial charge on any atom is -0.359 e. The lowest BCUT2D eigenvalue weighted by molar-refractivity contribution is 0.303. The van der Waals surface area contributed by atoms with E-state index >= 15 is 0 Å². The highest BCUT2D eigenvalue weighted by Crippen LogP contribution is 2.36. The van der Waals surface area contributed by atoms with Crippen LogP contribution in [0.1, 0.15) is 37.9 Å². The predicted octanol–water partition coefficient (Wildman–Crippen LogP) is 1.75. The smallest absolute Gasteiger partial charge is 0.157 e. The minimum absolute atomic E-state index is 0.352. The molecule has 1 N–H and O–H groups in total. The lowest BCUT2D eigenvalue weighted by atomic mass is 9.83. The molecule has 1 aliphatic carbocycles. The SMILES string of the molecule is Cn1cnc(CCN=C2NC3(CCCCC3)CS2)n1. The summed E-state index contributed by atoms with van der Waals surface area (Å²) < 4.78 is 1.74. The van der Waals surface area contributed by atoms with Gasteiger partial charge in [-0.2, -0.15) is 5.10 Å². The van der Waals surface area contributed by atoms with Crippen molar-refractivity contribution in [1.82, 2.24) is 20.1 Å². The van der Waals surface area contributed by atoms with Gasteiger partial charge in [0.05, 0.1) is 0 Å². The molecule has 1 aromatic rings. The number of aromatic nitrogens is 3. The Labute approximate surface area is 118 Å². The Bertz CT molecular complexity index is 461. The lowest BCUT2D eigenvalue weighted by Crippen LogP contribution is -2.45. The van der Waals surface area contributed by atoms with Crippen LogP contribution in [0.4, 0.5) is 0 Å². The van der Waals surface area contributed by atoms with E-state index in [1.165, 1.54) is 37.9 Å². The van der Waals surface area contributed by atoms with E-state index < -0.39 is 0 Å². The quantitative estimate of drug-likeness (QED) is 0.916. The van der Waals surface area contributed by atoms with Crippen LogP contribution in [0.25, 0.3) is 0 Å². The fourth-order valence-corrected chi connectivity index (χ4v) is 4.09. The number of aliphatic imine (C=N–C) groups is 1. The van der Waals surface area contributed by atoms with Crippen LogP contribution in [0.5, 0.6) is 0 Å². The summed E-state index contributed by atoms with van der Waals surface area (Å²) in [4.78, 5) is 8.88. The molecule has 1 spiro atoms. The van der Waals surface area contributed by atoms with E-state index in [9.17, 15) is 0 Å². The molecule has 0 atom stereocenters. The molecule has 2 heterocycles. The van der Waals surface area contributed by atoms with Crippen molar-refractivity contribution in [3.8, 4) is 0 Å². The number of nitrogens with zero attached hydrogens (tertiary/aromatic N) is 4. The third-order valence-corrected chi connectivity index (χ3v) is 5.11. The van der Waals surface area contributed by atoms with Crippen molar-refractivity contribution in [3.63, 3.8) is 0 Å². The summed E-state index contributed by atoms with van der Waals surface area (Å²) in [5.74, 6) is 2.07. The summed E-state index contributed by atoms with van der Waals surface area (Å²) in [5, 5.41) is 9.05. The van der Waals surface area contributed by atoms with Crippen molar-refractivity contribution in [2.75, 3.05) is 12.3 Å². The average Bonchev–Trinajstić information content (AvgIpc) is 2.99. The number of hydrogen-bond acceptors (Lipinski definition) is 4. The van der Waals surface area contributed by atoms with Crippen molar-refractivity contribution in [3.05, 3.63) is 12.2 Å². The molecule has 104 valence electrons. The zero-order valence-electron chi connectivity index (χ0n) is 11.4. The summed E-state index contributed by atoms with van der Waals surface area (Å²) in [6.45, 7) is 0.773. The van der Waals surface area contributed by atoms with Gasteiger partial charge in [-0.3, -0.25) is 9.67 Å². The van der Waals surface area contributed by atoms with Crippen LogP contribution < -0.4 is 5.32 Å². The molecule has 1 aliphatic heterocycles. The summed E-state index contributed by atoms with van der Waals surface area (Å²) in [5.41, 5.74) is 0.352. The van der Waals surface area contributed by atoms with E-state index in [0.29, 0.717) is 5.54 Å². The standard InChI is InChI=1S/C13H21N5S/c1-18-10-15-11(17-18)5-8-14-12-16-13(9-19-12)6-3-2-4-7-13/h10H,2-9H2,1H3,(H,14,16). The normalized spacial score (nSPS) is 23.9. The summed E-state index contributed by atoms with van der Waals surface area (Å²) >= 11 is 1.88. The van der Waals surface area contributed by atoms with Crippen molar-refractivity contribution in [2.45, 2.75) is 44.1 Å². The number of thioether (sulfide) groups is 1. The first-order valence-electron chi connectivity index (χ1n) is 7.06. The van der Waals surface area contributed by atoms with Crippen LogP contribution in [0, 0.1) is 0 Å². The van der Waals surface area contributed by atoms with E-state index in [2.05, 4.69) is 20.4 Å². The molecule has 0 unspecified atom stereocenters. The number of nitrogens with one attached hydrogen (secondary N) is 1. The first-order chi connectivity index (χ1) is 9.26. The van der Waals surface area contributed by atoms with Crippen LogP contribution in [0.3, 0.4) is 0 Å². The highest BCUT2D eigenvalue weighted by molar-refractivity contribution is 8.14. The van der Waals surface area contributed by atoms with Crippen molar-refractivity contribution >= 4 is 16.9 Å². The summed E-state index contributed by atoms with van der Waals surface area (Å²) in [6.07, 6.45) is 9.28. The van der Waals surface area contributed by atoms with Gasteiger partial charge in [0.15, 0.2) is 11.0 Å². The van der Waals surface area contributed by atoms with Gasteiger partial charge in [0.1, 0.15) is 6.33 Å². The van der Waals surface area contributed by atoms with E-state index in [0.717, 1.165) is 24.0 Å². The van der Waals surface area contributed by atoms with Gasteiger partial charge in [-0.1, -0.05) is 31.0 Å². The molecular weight excluding hydrogens is 258 g/mol. The number of hydrogen-bond donors (Lipinski definition) is 1. The lowest BCUT2D eigenvalue weighted by Gasteiger charge is -2.32. The van der Waals surface area contributed by atoms with Gasteiger partial charge in [0, 0.05) is 31.3 Å². The number of rotatable bonds is 3. The molecule has 2 fully saturated rings. The van der Waals surface area contributed by atoms with Crippen LogP contribution in [0.15, 0.2) is 11.3 Å². The zero-order valence-corrected chi connectivity index (χ0v) is 12.2. The molecule has 0 radical (unpaired) electrons. The molecule has 5 nitrogen and oxygen atoms in total. The molecule has 6 heteroatoms. The van der Waals surface area contributed by atoms with Crippen molar-refractivity contribution in [1.29, 1.82) is 0 Å². The van der Waals surface area contributed by atoms with Crippen LogP contribution >= 0.6 is 11.8 Å². The van der Waals surface area contributed by atoms with Gasteiger partial charge in [-0.05, 0) is 12.8 Å². The van der Waals surface area contributed by atoms with Gasteiger partial charge >= 0.3 is 0 Å². The molecular formula is C13H21N5S. The molecule has 1 saturated carbocycles. The van der Waals surface area contributed by atoms with Gasteiger partial charge < -0.3 is 5.32 Å². The Morgan fingerprint density at radius 1 is 1.42 bits per heavy atom. The van der Waals surface area contributed by atoms with E-state index in [4.69, 9.17) is 0 Å². The molecule has 3 rings (SSSR count). The topological polar surface area (TPSA) is 55.1 Å². The second-order valence-corrected chi connectivity index (χ2v) is 6.49. The molecule has 1 saturated heterocycles. The summed E-state index contributed by atoms with van der Waals surface area (Å²) in [6, 6.07) is 0. The fourth-order valence-electron chi connectivity index (χ4n) is 2.84. The molecule has 0 aromatic carbocycles. The van der Waals surface area contributed by atoms with Crippen LogP contribution in [-0.4, -0.2) is 37.8 Å². The fraction of sp³-hybridized carbons (Fsp3) is 0.769. The Hall–Kier alpha value is -1.04. The Morgan fingerprint density at radius 2 is 2.26 bits per heavy atom. The van der Waals surface area contributed by atoms with Crippen LogP contribution in [-0.2, 0) is 13.5 Å². The van der Waals surface area contributed by atoms with E-state index in [-0.39, 0.29) is 0 Å². The maximum absolute atomic E-state index is 4.66. The maximum Gasteiger partial charge on any atom is 0.157 e. The predicted molar refractivity (Wildman–Crippen MR) is 78.4 cm³/mol. The first-order valence-corrected chi connectivity index (χ1v) is 8.04. The molecule has 2 aliphatic rings. The zero-order chi connectivity index (χ0) is 13.1. The first kappa shape index (κ1) is 13.0. The van der Waals surface area contributed by atoms with Crippen LogP contribution in [0.2, 0.25) is 0 Å². The maximum atomic E-state index is 4.66. The Morgan fingerprint density at radius 3 is 3.00 bits per heavy atom. The van der Waals surface area contributed by atoms with E-state index in [1.807, 2.05) is 18.8 Å². The largest absolute Gasteiger partial charge is 0.359 e. The highest BCUT2D eigenvalue weighted by Gasteiger charge is 2.37. The number of aryl methyl sites for hydroxylation is 1. The second kappa shape index (κ2) is 5.53. The molecule has 19 heavy (non-hydrogen) atoms. The second-order valence-electron chi connectivity index (χ2n) is 5.53. The number of amidine groups is 1. The average molecular weight is 279 g/mol. The van der Waals surface area contributed by atoms with Gasteiger partial charge in [0.25, 0.3) is 0 Å². The third-order valence-electron chi connectivity index (χ3n) is 3.91. The third kappa shape index (κ3) is 3.11.